The van der Waals surface area contributed by atoms with Crippen LogP contribution in [0, 0.1) is 0 Å². The summed E-state index contributed by atoms with van der Waals surface area (Å²) in [6, 6.07) is 31.1. The smallest absolute Gasteiger partial charge is 0.118 e. The summed E-state index contributed by atoms with van der Waals surface area (Å²) < 4.78 is 0.926. The Kier molecular flexibility index (Phi) is 5.35. The molecule has 1 unspecified atom stereocenters. The highest BCUT2D eigenvalue weighted by Gasteiger charge is 2.25. The molecular formula is C24H28N+. The van der Waals surface area contributed by atoms with Crippen LogP contribution < -0.4 is 0 Å². The van der Waals surface area contributed by atoms with Crippen molar-refractivity contribution < 1.29 is 4.48 Å². The van der Waals surface area contributed by atoms with Crippen LogP contribution in [0.1, 0.15) is 28.3 Å². The fourth-order valence-electron chi connectivity index (χ4n) is 3.36. The first-order chi connectivity index (χ1) is 12.0. The van der Waals surface area contributed by atoms with E-state index < -0.39 is 0 Å². The molecule has 0 saturated carbocycles. The van der Waals surface area contributed by atoms with Gasteiger partial charge in [0.15, 0.2) is 0 Å². The molecule has 0 aromatic heterocycles. The third kappa shape index (κ3) is 4.80. The standard InChI is InChI=1S/C24H28N/c1-25(2,3)24(23-12-8-5-9-13-23)19-22-16-14-21(15-17-22)18-20-10-6-4-7-11-20/h4-17,24H,18-19H2,1-3H3/q+1. The Morgan fingerprint density at radius 1 is 0.600 bits per heavy atom. The van der Waals surface area contributed by atoms with Crippen molar-refractivity contribution in [3.63, 3.8) is 0 Å². The van der Waals surface area contributed by atoms with E-state index in [-0.39, 0.29) is 0 Å². The van der Waals surface area contributed by atoms with Gasteiger partial charge in [0.1, 0.15) is 6.04 Å². The molecule has 3 rings (SSSR count). The molecule has 0 bridgehead atoms. The summed E-state index contributed by atoms with van der Waals surface area (Å²) in [4.78, 5) is 0. The second-order valence-electron chi connectivity index (χ2n) is 7.73. The van der Waals surface area contributed by atoms with Crippen molar-refractivity contribution in [2.75, 3.05) is 21.1 Å². The third-order valence-electron chi connectivity index (χ3n) is 4.82. The summed E-state index contributed by atoms with van der Waals surface area (Å²) in [5.74, 6) is 0. The van der Waals surface area contributed by atoms with E-state index in [1.54, 1.807) is 0 Å². The van der Waals surface area contributed by atoms with Gasteiger partial charge < -0.3 is 4.48 Å². The second-order valence-corrected chi connectivity index (χ2v) is 7.73. The Balaban J connectivity index is 1.75. The lowest BCUT2D eigenvalue weighted by molar-refractivity contribution is -0.902. The van der Waals surface area contributed by atoms with Crippen LogP contribution in [0.2, 0.25) is 0 Å². The zero-order chi connectivity index (χ0) is 17.7. The maximum Gasteiger partial charge on any atom is 0.118 e. The summed E-state index contributed by atoms with van der Waals surface area (Å²) in [6.45, 7) is 0. The Labute approximate surface area is 152 Å². The highest BCUT2D eigenvalue weighted by molar-refractivity contribution is 5.30. The van der Waals surface area contributed by atoms with E-state index in [2.05, 4.69) is 106 Å². The average Bonchev–Trinajstić information content (AvgIpc) is 2.62. The lowest BCUT2D eigenvalue weighted by Gasteiger charge is -2.34. The summed E-state index contributed by atoms with van der Waals surface area (Å²) in [6.07, 6.45) is 2.05. The minimum absolute atomic E-state index is 0.459. The van der Waals surface area contributed by atoms with Gasteiger partial charge in [0.05, 0.1) is 21.1 Å². The zero-order valence-electron chi connectivity index (χ0n) is 15.5. The minimum atomic E-state index is 0.459. The van der Waals surface area contributed by atoms with Gasteiger partial charge in [-0.15, -0.1) is 0 Å². The molecule has 0 fully saturated rings. The Hall–Kier alpha value is -2.38. The van der Waals surface area contributed by atoms with Crippen LogP contribution in [0.3, 0.4) is 0 Å². The van der Waals surface area contributed by atoms with Crippen LogP contribution in [0.15, 0.2) is 84.9 Å². The Morgan fingerprint density at radius 2 is 1.08 bits per heavy atom. The highest BCUT2D eigenvalue weighted by atomic mass is 15.3. The van der Waals surface area contributed by atoms with Crippen molar-refractivity contribution in [3.05, 3.63) is 107 Å². The van der Waals surface area contributed by atoms with E-state index >= 15 is 0 Å². The molecule has 1 atom stereocenters. The van der Waals surface area contributed by atoms with Crippen molar-refractivity contribution in [3.8, 4) is 0 Å². The number of nitrogens with zero attached hydrogens (tertiary/aromatic N) is 1. The van der Waals surface area contributed by atoms with E-state index in [1.165, 1.54) is 22.3 Å². The summed E-state index contributed by atoms with van der Waals surface area (Å²) in [7, 11) is 6.84. The second kappa shape index (κ2) is 7.67. The normalized spacial score (nSPS) is 12.8. The number of likely N-dealkylation sites (N-methyl/N-ethyl adjacent to an activating group) is 1. The number of rotatable bonds is 6. The molecule has 0 aliphatic rings. The molecule has 0 radical (unpaired) electrons. The molecule has 25 heavy (non-hydrogen) atoms. The van der Waals surface area contributed by atoms with Gasteiger partial charge in [0.25, 0.3) is 0 Å². The molecule has 1 heteroatoms. The SMILES string of the molecule is C[N+](C)(C)C(Cc1ccc(Cc2ccccc2)cc1)c1ccccc1. The predicted molar refractivity (Wildman–Crippen MR) is 107 cm³/mol. The molecule has 0 saturated heterocycles. The maximum atomic E-state index is 2.30. The number of quaternary nitrogens is 1. The van der Waals surface area contributed by atoms with Crippen LogP contribution in [-0.2, 0) is 12.8 Å². The maximum absolute atomic E-state index is 2.30. The van der Waals surface area contributed by atoms with E-state index in [0.29, 0.717) is 6.04 Å². The molecule has 0 aliphatic heterocycles. The molecule has 128 valence electrons. The summed E-state index contributed by atoms with van der Waals surface area (Å²) >= 11 is 0. The third-order valence-corrected chi connectivity index (χ3v) is 4.82. The largest absolute Gasteiger partial charge is 0.324 e. The van der Waals surface area contributed by atoms with Crippen molar-refractivity contribution in [2.24, 2.45) is 0 Å². The van der Waals surface area contributed by atoms with Gasteiger partial charge in [-0.3, -0.25) is 0 Å². The lowest BCUT2D eigenvalue weighted by Crippen LogP contribution is -2.40. The molecule has 0 N–H and O–H groups in total. The van der Waals surface area contributed by atoms with Gasteiger partial charge in [-0.25, -0.2) is 0 Å². The van der Waals surface area contributed by atoms with Gasteiger partial charge in [-0.1, -0.05) is 84.9 Å². The van der Waals surface area contributed by atoms with Gasteiger partial charge in [-0.05, 0) is 23.1 Å². The minimum Gasteiger partial charge on any atom is -0.324 e. The zero-order valence-corrected chi connectivity index (χ0v) is 15.5. The van der Waals surface area contributed by atoms with E-state index in [4.69, 9.17) is 0 Å². The molecular weight excluding hydrogens is 302 g/mol. The molecule has 0 aliphatic carbocycles. The molecule has 1 nitrogen and oxygen atoms in total. The summed E-state index contributed by atoms with van der Waals surface area (Å²) in [5.41, 5.74) is 5.54. The molecule has 0 heterocycles. The number of benzene rings is 3. The van der Waals surface area contributed by atoms with Gasteiger partial charge in [0, 0.05) is 12.0 Å². The van der Waals surface area contributed by atoms with Gasteiger partial charge in [-0.2, -0.15) is 0 Å². The van der Waals surface area contributed by atoms with Crippen LogP contribution in [0.5, 0.6) is 0 Å². The van der Waals surface area contributed by atoms with Gasteiger partial charge >= 0.3 is 0 Å². The van der Waals surface area contributed by atoms with Crippen molar-refractivity contribution in [1.82, 2.24) is 0 Å². The Morgan fingerprint density at radius 3 is 1.64 bits per heavy atom. The topological polar surface area (TPSA) is 0 Å². The molecule has 0 spiro atoms. The van der Waals surface area contributed by atoms with E-state index in [9.17, 15) is 0 Å². The monoisotopic (exact) mass is 330 g/mol. The number of hydrogen-bond donors (Lipinski definition) is 0. The highest BCUT2D eigenvalue weighted by Crippen LogP contribution is 2.27. The first kappa shape index (κ1) is 17.4. The van der Waals surface area contributed by atoms with Crippen molar-refractivity contribution in [1.29, 1.82) is 0 Å². The molecule has 3 aromatic rings. The van der Waals surface area contributed by atoms with Crippen LogP contribution in [-0.4, -0.2) is 25.6 Å². The Bertz CT molecular complexity index is 768. The van der Waals surface area contributed by atoms with E-state index in [0.717, 1.165) is 17.3 Å². The first-order valence-corrected chi connectivity index (χ1v) is 9.00. The summed E-state index contributed by atoms with van der Waals surface area (Å²) in [5, 5.41) is 0. The van der Waals surface area contributed by atoms with Crippen LogP contribution in [0.25, 0.3) is 0 Å². The fraction of sp³-hybridized carbons (Fsp3) is 0.250. The van der Waals surface area contributed by atoms with Crippen LogP contribution >= 0.6 is 0 Å². The predicted octanol–water partition coefficient (Wildman–Crippen LogP) is 5.27. The van der Waals surface area contributed by atoms with Crippen molar-refractivity contribution in [2.45, 2.75) is 18.9 Å². The quantitative estimate of drug-likeness (QED) is 0.540. The average molecular weight is 330 g/mol. The lowest BCUT2D eigenvalue weighted by atomic mass is 9.95. The van der Waals surface area contributed by atoms with Crippen LogP contribution in [0.4, 0.5) is 0 Å². The number of hydrogen-bond acceptors (Lipinski definition) is 0. The van der Waals surface area contributed by atoms with E-state index in [1.807, 2.05) is 0 Å². The molecule has 3 aromatic carbocycles. The fourth-order valence-corrected chi connectivity index (χ4v) is 3.36. The molecule has 0 amide bonds. The van der Waals surface area contributed by atoms with Crippen molar-refractivity contribution >= 4 is 0 Å². The van der Waals surface area contributed by atoms with Gasteiger partial charge in [0.2, 0.25) is 0 Å². The first-order valence-electron chi connectivity index (χ1n) is 9.00.